The van der Waals surface area contributed by atoms with Gasteiger partial charge in [-0.15, -0.1) is 11.3 Å². The third-order valence-electron chi connectivity index (χ3n) is 2.77. The number of aromatic nitrogens is 1. The molecule has 0 radical (unpaired) electrons. The minimum atomic E-state index is 0.659. The molecule has 86 valence electrons. The molecule has 3 aromatic rings. The molecule has 0 bridgehead atoms. The summed E-state index contributed by atoms with van der Waals surface area (Å²) in [6.45, 7) is 2.13. The predicted molar refractivity (Wildman–Crippen MR) is 71.1 cm³/mol. The van der Waals surface area contributed by atoms with Crippen molar-refractivity contribution in [1.29, 1.82) is 0 Å². The monoisotopic (exact) mass is 244 g/mol. The fourth-order valence-electron chi connectivity index (χ4n) is 1.87. The maximum Gasteiger partial charge on any atom is 0.237 e. The van der Waals surface area contributed by atoms with Gasteiger partial charge in [-0.1, -0.05) is 13.0 Å². The molecular weight excluding hydrogens is 232 g/mol. The van der Waals surface area contributed by atoms with Crippen molar-refractivity contribution >= 4 is 28.1 Å². The lowest BCUT2D eigenvalue weighted by Gasteiger charge is -1.94. The summed E-state index contributed by atoms with van der Waals surface area (Å²) in [6.07, 6.45) is 0.979. The summed E-state index contributed by atoms with van der Waals surface area (Å²) in [5.74, 6) is 0.671. The first-order valence-corrected chi connectivity index (χ1v) is 6.39. The zero-order valence-corrected chi connectivity index (χ0v) is 10.3. The Labute approximate surface area is 103 Å². The van der Waals surface area contributed by atoms with Crippen LogP contribution in [0, 0.1) is 0 Å². The number of aryl methyl sites for hydroxylation is 1. The number of nitrogens with two attached hydrogens (primary N) is 1. The van der Waals surface area contributed by atoms with Gasteiger partial charge in [0.15, 0.2) is 5.58 Å². The topological polar surface area (TPSA) is 52.0 Å². The number of hydrogen-bond donors (Lipinski definition) is 1. The van der Waals surface area contributed by atoms with Gasteiger partial charge in [0, 0.05) is 0 Å². The second kappa shape index (κ2) is 3.89. The summed E-state index contributed by atoms with van der Waals surface area (Å²) in [4.78, 5) is 5.58. The highest BCUT2D eigenvalue weighted by Crippen LogP contribution is 2.33. The molecule has 0 saturated heterocycles. The van der Waals surface area contributed by atoms with Crippen LogP contribution in [0.4, 0.5) is 5.69 Å². The van der Waals surface area contributed by atoms with Gasteiger partial charge in [-0.05, 0) is 35.6 Å². The van der Waals surface area contributed by atoms with E-state index in [0.717, 1.165) is 22.4 Å². The molecule has 0 unspecified atom stereocenters. The minimum Gasteiger partial charge on any atom is -0.435 e. The summed E-state index contributed by atoms with van der Waals surface area (Å²) in [6, 6.07) is 7.71. The summed E-state index contributed by atoms with van der Waals surface area (Å²) >= 11 is 1.65. The number of nitrogens with zero attached hydrogens (tertiary/aromatic N) is 1. The highest BCUT2D eigenvalue weighted by atomic mass is 32.1. The van der Waals surface area contributed by atoms with Crippen molar-refractivity contribution in [2.45, 2.75) is 13.3 Å². The second-order valence-electron chi connectivity index (χ2n) is 3.84. The second-order valence-corrected chi connectivity index (χ2v) is 4.76. The molecule has 2 heterocycles. The van der Waals surface area contributed by atoms with Crippen LogP contribution in [-0.4, -0.2) is 4.98 Å². The van der Waals surface area contributed by atoms with Crippen LogP contribution in [0.15, 0.2) is 34.1 Å². The molecule has 1 aromatic carbocycles. The van der Waals surface area contributed by atoms with E-state index >= 15 is 0 Å². The van der Waals surface area contributed by atoms with Gasteiger partial charge in [-0.25, -0.2) is 4.98 Å². The largest absolute Gasteiger partial charge is 0.435 e. The molecule has 4 heteroatoms. The molecule has 0 aliphatic rings. The van der Waals surface area contributed by atoms with Gasteiger partial charge in [-0.3, -0.25) is 0 Å². The Kier molecular flexibility index (Phi) is 2.37. The molecule has 0 aliphatic heterocycles. The molecule has 2 N–H and O–H groups in total. The van der Waals surface area contributed by atoms with E-state index in [4.69, 9.17) is 10.2 Å². The molecule has 0 amide bonds. The molecule has 0 atom stereocenters. The Morgan fingerprint density at radius 2 is 2.24 bits per heavy atom. The number of anilines is 1. The van der Waals surface area contributed by atoms with Crippen molar-refractivity contribution < 1.29 is 4.42 Å². The van der Waals surface area contributed by atoms with Crippen LogP contribution in [0.25, 0.3) is 21.9 Å². The Balaban J connectivity index is 2.22. The molecule has 0 fully saturated rings. The van der Waals surface area contributed by atoms with Crippen LogP contribution in [0.1, 0.15) is 12.5 Å². The van der Waals surface area contributed by atoms with Crippen molar-refractivity contribution in [2.75, 3.05) is 5.73 Å². The van der Waals surface area contributed by atoms with Crippen LogP contribution in [0.3, 0.4) is 0 Å². The van der Waals surface area contributed by atoms with Crippen LogP contribution in [-0.2, 0) is 6.42 Å². The lowest BCUT2D eigenvalue weighted by molar-refractivity contribution is 0.621. The maximum absolute atomic E-state index is 5.87. The number of hydrogen-bond acceptors (Lipinski definition) is 4. The number of thiophene rings is 1. The Bertz CT molecular complexity index is 669. The van der Waals surface area contributed by atoms with Gasteiger partial charge in [0.25, 0.3) is 0 Å². The fourth-order valence-corrected chi connectivity index (χ4v) is 2.79. The maximum atomic E-state index is 5.87. The zero-order chi connectivity index (χ0) is 11.8. The average molecular weight is 244 g/mol. The number of benzene rings is 1. The summed E-state index contributed by atoms with van der Waals surface area (Å²) < 4.78 is 5.76. The highest BCUT2D eigenvalue weighted by molar-refractivity contribution is 7.13. The summed E-state index contributed by atoms with van der Waals surface area (Å²) in [5.41, 5.74) is 9.29. The Morgan fingerprint density at radius 3 is 3.00 bits per heavy atom. The van der Waals surface area contributed by atoms with Crippen molar-refractivity contribution in [3.05, 3.63) is 35.2 Å². The highest BCUT2D eigenvalue weighted by Gasteiger charge is 2.13. The number of nitrogen functional groups attached to an aromatic ring is 1. The van der Waals surface area contributed by atoms with Crippen molar-refractivity contribution in [3.8, 4) is 10.8 Å². The van der Waals surface area contributed by atoms with E-state index < -0.39 is 0 Å². The van der Waals surface area contributed by atoms with Gasteiger partial charge in [0.05, 0.1) is 10.6 Å². The van der Waals surface area contributed by atoms with Gasteiger partial charge >= 0.3 is 0 Å². The Hall–Kier alpha value is -1.81. The molecule has 3 nitrogen and oxygen atoms in total. The Morgan fingerprint density at radius 1 is 1.35 bits per heavy atom. The van der Waals surface area contributed by atoms with Crippen LogP contribution in [0.2, 0.25) is 0 Å². The first-order chi connectivity index (χ1) is 8.29. The van der Waals surface area contributed by atoms with E-state index in [1.807, 2.05) is 18.2 Å². The van der Waals surface area contributed by atoms with Gasteiger partial charge in [0.1, 0.15) is 5.52 Å². The number of oxazole rings is 1. The quantitative estimate of drug-likeness (QED) is 0.699. The molecule has 3 rings (SSSR count). The van der Waals surface area contributed by atoms with Crippen LogP contribution >= 0.6 is 11.3 Å². The summed E-state index contributed by atoms with van der Waals surface area (Å²) in [5, 5.41) is 2.06. The first-order valence-electron chi connectivity index (χ1n) is 5.51. The van der Waals surface area contributed by atoms with E-state index in [1.165, 1.54) is 5.56 Å². The van der Waals surface area contributed by atoms with E-state index in [-0.39, 0.29) is 0 Å². The average Bonchev–Trinajstić information content (AvgIpc) is 2.94. The number of fused-ring (bicyclic) bond motifs is 1. The van der Waals surface area contributed by atoms with E-state index in [0.29, 0.717) is 11.6 Å². The van der Waals surface area contributed by atoms with Crippen molar-refractivity contribution in [1.82, 2.24) is 4.98 Å². The van der Waals surface area contributed by atoms with Crippen LogP contribution < -0.4 is 5.73 Å². The van der Waals surface area contributed by atoms with Crippen molar-refractivity contribution in [2.24, 2.45) is 0 Å². The number of para-hydroxylation sites is 1. The van der Waals surface area contributed by atoms with Gasteiger partial charge < -0.3 is 10.2 Å². The van der Waals surface area contributed by atoms with E-state index in [9.17, 15) is 0 Å². The normalized spacial score (nSPS) is 11.1. The van der Waals surface area contributed by atoms with E-state index in [1.54, 1.807) is 11.3 Å². The zero-order valence-electron chi connectivity index (χ0n) is 9.43. The van der Waals surface area contributed by atoms with Gasteiger partial charge in [-0.2, -0.15) is 0 Å². The molecule has 0 spiro atoms. The molecule has 0 saturated carbocycles. The standard InChI is InChI=1S/C13H12N2OS/c1-2-8-6-7-17-12(8)13-15-11-9(14)4-3-5-10(11)16-13/h3-7H,2,14H2,1H3. The molecule has 0 aliphatic carbocycles. The van der Waals surface area contributed by atoms with E-state index in [2.05, 4.69) is 23.4 Å². The summed E-state index contributed by atoms with van der Waals surface area (Å²) in [7, 11) is 0. The molecular formula is C13H12N2OS. The smallest absolute Gasteiger partial charge is 0.237 e. The third-order valence-corrected chi connectivity index (χ3v) is 3.72. The number of rotatable bonds is 2. The lowest BCUT2D eigenvalue weighted by atomic mass is 10.2. The van der Waals surface area contributed by atoms with Crippen LogP contribution in [0.5, 0.6) is 0 Å². The first kappa shape index (κ1) is 10.4. The van der Waals surface area contributed by atoms with Crippen molar-refractivity contribution in [3.63, 3.8) is 0 Å². The molecule has 2 aromatic heterocycles. The minimum absolute atomic E-state index is 0.659. The third kappa shape index (κ3) is 1.61. The predicted octanol–water partition coefficient (Wildman–Crippen LogP) is 3.70. The fraction of sp³-hybridized carbons (Fsp3) is 0.154. The SMILES string of the molecule is CCc1ccsc1-c1nc2c(N)cccc2o1. The molecule has 17 heavy (non-hydrogen) atoms. The van der Waals surface area contributed by atoms with Gasteiger partial charge in [0.2, 0.25) is 5.89 Å². The lowest BCUT2D eigenvalue weighted by Crippen LogP contribution is -1.85.